The Balaban J connectivity index is 1.87. The third-order valence-electron chi connectivity index (χ3n) is 4.35. The summed E-state index contributed by atoms with van der Waals surface area (Å²) < 4.78 is 0. The Morgan fingerprint density at radius 1 is 0.950 bits per heavy atom. The number of aromatic amines is 1. The van der Waals surface area contributed by atoms with Gasteiger partial charge in [-0.15, -0.1) is 0 Å². The molecule has 0 fully saturated rings. The van der Waals surface area contributed by atoms with Gasteiger partial charge in [-0.2, -0.15) is 0 Å². The van der Waals surface area contributed by atoms with Crippen molar-refractivity contribution in [3.8, 4) is 11.3 Å². The van der Waals surface area contributed by atoms with Crippen molar-refractivity contribution < 1.29 is 0 Å². The summed E-state index contributed by atoms with van der Waals surface area (Å²) >= 11 is 0. The zero-order chi connectivity index (χ0) is 13.5. The van der Waals surface area contributed by atoms with Gasteiger partial charge in [0, 0.05) is 23.4 Å². The first-order valence-electron chi connectivity index (χ1n) is 7.15. The summed E-state index contributed by atoms with van der Waals surface area (Å²) in [5, 5.41) is 0. The molecule has 0 radical (unpaired) electrons. The van der Waals surface area contributed by atoms with Crippen LogP contribution in [0.1, 0.15) is 28.2 Å². The fraction of sp³-hybridized carbons (Fsp3) is 0.158. The predicted octanol–water partition coefficient (Wildman–Crippen LogP) is 4.68. The lowest BCUT2D eigenvalue weighted by atomic mass is 9.78. The monoisotopic (exact) mass is 259 g/mol. The van der Waals surface area contributed by atoms with Crippen molar-refractivity contribution in [2.24, 2.45) is 0 Å². The topological polar surface area (TPSA) is 15.8 Å². The van der Waals surface area contributed by atoms with E-state index in [1.165, 1.54) is 33.5 Å². The summed E-state index contributed by atoms with van der Waals surface area (Å²) in [6.45, 7) is 2.14. The van der Waals surface area contributed by atoms with E-state index in [1.807, 2.05) is 0 Å². The Bertz CT molecular complexity index is 749. The maximum Gasteiger partial charge on any atom is 0.0495 e. The van der Waals surface area contributed by atoms with Gasteiger partial charge in [-0.25, -0.2) is 0 Å². The number of benzene rings is 2. The molecule has 98 valence electrons. The van der Waals surface area contributed by atoms with E-state index in [0.29, 0.717) is 5.92 Å². The van der Waals surface area contributed by atoms with Crippen molar-refractivity contribution in [1.29, 1.82) is 0 Å². The van der Waals surface area contributed by atoms with Crippen molar-refractivity contribution in [3.63, 3.8) is 0 Å². The molecule has 0 aliphatic heterocycles. The normalized spacial score (nSPS) is 16.6. The second kappa shape index (κ2) is 4.38. The van der Waals surface area contributed by atoms with Crippen LogP contribution in [0.4, 0.5) is 0 Å². The molecule has 0 spiro atoms. The summed E-state index contributed by atoms with van der Waals surface area (Å²) in [6, 6.07) is 19.9. The highest BCUT2D eigenvalue weighted by Crippen LogP contribution is 2.41. The highest BCUT2D eigenvalue weighted by molar-refractivity contribution is 5.72. The summed E-state index contributed by atoms with van der Waals surface area (Å²) in [5.41, 5.74) is 8.24. The highest BCUT2D eigenvalue weighted by atomic mass is 14.7. The van der Waals surface area contributed by atoms with E-state index in [0.717, 1.165) is 6.42 Å². The Morgan fingerprint density at radius 2 is 1.75 bits per heavy atom. The van der Waals surface area contributed by atoms with Gasteiger partial charge in [0.1, 0.15) is 0 Å². The van der Waals surface area contributed by atoms with Crippen molar-refractivity contribution in [1.82, 2.24) is 4.98 Å². The van der Waals surface area contributed by atoms with E-state index < -0.39 is 0 Å². The molecule has 0 amide bonds. The number of aryl methyl sites for hydroxylation is 1. The zero-order valence-corrected chi connectivity index (χ0v) is 11.6. The smallest absolute Gasteiger partial charge is 0.0495 e. The molecule has 0 saturated carbocycles. The van der Waals surface area contributed by atoms with Crippen LogP contribution in [0, 0.1) is 6.92 Å². The molecular formula is C19H17N. The molecule has 1 nitrogen and oxygen atoms in total. The fourth-order valence-corrected chi connectivity index (χ4v) is 3.27. The third kappa shape index (κ3) is 1.70. The molecule has 1 aliphatic carbocycles. The van der Waals surface area contributed by atoms with E-state index in [9.17, 15) is 0 Å². The lowest BCUT2D eigenvalue weighted by Crippen LogP contribution is -2.11. The lowest BCUT2D eigenvalue weighted by molar-refractivity contribution is 0.794. The molecule has 0 saturated heterocycles. The molecule has 4 rings (SSSR count). The average molecular weight is 259 g/mol. The van der Waals surface area contributed by atoms with Crippen LogP contribution in [0.3, 0.4) is 0 Å². The van der Waals surface area contributed by atoms with Crippen LogP contribution in [-0.4, -0.2) is 4.98 Å². The van der Waals surface area contributed by atoms with Crippen molar-refractivity contribution in [2.45, 2.75) is 19.3 Å². The molecule has 1 aliphatic rings. The molecule has 1 aromatic heterocycles. The van der Waals surface area contributed by atoms with Crippen molar-refractivity contribution in [2.75, 3.05) is 0 Å². The molecule has 3 aromatic rings. The van der Waals surface area contributed by atoms with Gasteiger partial charge in [-0.05, 0) is 36.1 Å². The predicted molar refractivity (Wildman–Crippen MR) is 83.0 cm³/mol. The Labute approximate surface area is 119 Å². The number of nitrogens with one attached hydrogen (secondary N) is 1. The molecular weight excluding hydrogens is 242 g/mol. The third-order valence-corrected chi connectivity index (χ3v) is 4.35. The number of fused-ring (bicyclic) bond motifs is 3. The van der Waals surface area contributed by atoms with Gasteiger partial charge in [-0.1, -0.05) is 54.1 Å². The zero-order valence-electron chi connectivity index (χ0n) is 11.6. The second-order valence-corrected chi connectivity index (χ2v) is 5.63. The van der Waals surface area contributed by atoms with Gasteiger partial charge in [0.25, 0.3) is 0 Å². The molecule has 1 N–H and O–H groups in total. The Hall–Kier alpha value is -2.28. The number of aromatic nitrogens is 1. The molecule has 1 heterocycles. The Kier molecular flexibility index (Phi) is 2.53. The molecule has 1 heteroatoms. The van der Waals surface area contributed by atoms with Gasteiger partial charge in [0.2, 0.25) is 0 Å². The Morgan fingerprint density at radius 3 is 2.60 bits per heavy atom. The number of hydrogen-bond donors (Lipinski definition) is 1. The van der Waals surface area contributed by atoms with Crippen molar-refractivity contribution >= 4 is 0 Å². The van der Waals surface area contributed by atoms with E-state index in [-0.39, 0.29) is 0 Å². The van der Waals surface area contributed by atoms with Crippen LogP contribution in [0.25, 0.3) is 11.3 Å². The number of rotatable bonds is 1. The minimum absolute atomic E-state index is 0.465. The van der Waals surface area contributed by atoms with Crippen LogP contribution in [0.5, 0.6) is 0 Å². The minimum Gasteiger partial charge on any atom is -0.361 e. The van der Waals surface area contributed by atoms with Gasteiger partial charge in [0.15, 0.2) is 0 Å². The summed E-state index contributed by atoms with van der Waals surface area (Å²) in [4.78, 5) is 3.42. The van der Waals surface area contributed by atoms with Crippen LogP contribution >= 0.6 is 0 Å². The first kappa shape index (κ1) is 11.5. The van der Waals surface area contributed by atoms with E-state index in [1.54, 1.807) is 0 Å². The second-order valence-electron chi connectivity index (χ2n) is 5.63. The standard InChI is InChI=1S/C19H17N/c1-13-6-8-14(9-7-13)18-12-15-4-2-3-5-16(15)19-17(18)10-11-20-19/h2-11,18,20H,12H2,1H3. The first-order chi connectivity index (χ1) is 9.83. The number of H-pyrrole nitrogens is 1. The SMILES string of the molecule is Cc1ccc(C2Cc3ccccc3-c3[nH]ccc32)cc1. The van der Waals surface area contributed by atoms with Crippen LogP contribution in [0.15, 0.2) is 60.8 Å². The largest absolute Gasteiger partial charge is 0.361 e. The van der Waals surface area contributed by atoms with Crippen LogP contribution < -0.4 is 0 Å². The number of hydrogen-bond acceptors (Lipinski definition) is 0. The molecule has 1 atom stereocenters. The molecule has 1 unspecified atom stereocenters. The van der Waals surface area contributed by atoms with Gasteiger partial charge in [0.05, 0.1) is 0 Å². The van der Waals surface area contributed by atoms with Crippen molar-refractivity contribution in [3.05, 3.63) is 83.0 Å². The van der Waals surface area contributed by atoms with Crippen LogP contribution in [-0.2, 0) is 6.42 Å². The summed E-state index contributed by atoms with van der Waals surface area (Å²) in [7, 11) is 0. The van der Waals surface area contributed by atoms with E-state index in [2.05, 4.69) is 72.7 Å². The maximum absolute atomic E-state index is 3.42. The van der Waals surface area contributed by atoms with Gasteiger partial charge in [-0.3, -0.25) is 0 Å². The average Bonchev–Trinajstić information content (AvgIpc) is 2.97. The maximum atomic E-state index is 3.42. The van der Waals surface area contributed by atoms with E-state index in [4.69, 9.17) is 0 Å². The highest BCUT2D eigenvalue weighted by Gasteiger charge is 2.26. The summed E-state index contributed by atoms with van der Waals surface area (Å²) in [5.74, 6) is 0.465. The van der Waals surface area contributed by atoms with Crippen LogP contribution in [0.2, 0.25) is 0 Å². The minimum atomic E-state index is 0.465. The lowest BCUT2D eigenvalue weighted by Gasteiger charge is -2.25. The molecule has 2 aromatic carbocycles. The van der Waals surface area contributed by atoms with Gasteiger partial charge < -0.3 is 4.98 Å². The van der Waals surface area contributed by atoms with E-state index >= 15 is 0 Å². The van der Waals surface area contributed by atoms with Gasteiger partial charge >= 0.3 is 0 Å². The molecule has 20 heavy (non-hydrogen) atoms. The summed E-state index contributed by atoms with van der Waals surface area (Å²) in [6.07, 6.45) is 3.15. The molecule has 0 bridgehead atoms. The first-order valence-corrected chi connectivity index (χ1v) is 7.15. The quantitative estimate of drug-likeness (QED) is 0.653. The fourth-order valence-electron chi connectivity index (χ4n) is 3.27.